The van der Waals surface area contributed by atoms with Crippen LogP contribution in [-0.2, 0) is 16.8 Å². The summed E-state index contributed by atoms with van der Waals surface area (Å²) in [5.41, 5.74) is 2.97. The van der Waals surface area contributed by atoms with Gasteiger partial charge in [-0.05, 0) is 111 Å². The van der Waals surface area contributed by atoms with Crippen LogP contribution in [-0.4, -0.2) is 47.5 Å². The highest BCUT2D eigenvalue weighted by Crippen LogP contribution is 2.60. The van der Waals surface area contributed by atoms with Gasteiger partial charge in [0.15, 0.2) is 6.61 Å². The number of ether oxygens (including phenoxy) is 1. The Kier molecular flexibility index (Phi) is 6.31. The molecule has 5 fully saturated rings. The van der Waals surface area contributed by atoms with Crippen LogP contribution in [0.5, 0.6) is 5.75 Å². The maximum Gasteiger partial charge on any atom is 0.260 e. The molecule has 2 aromatic carbocycles. The molecule has 1 saturated heterocycles. The van der Waals surface area contributed by atoms with E-state index in [2.05, 4.69) is 43.0 Å². The summed E-state index contributed by atoms with van der Waals surface area (Å²) in [5, 5.41) is 0. The molecule has 0 radical (unpaired) electrons. The predicted octanol–water partition coefficient (Wildman–Crippen LogP) is 5.79. The summed E-state index contributed by atoms with van der Waals surface area (Å²) in [7, 11) is 0. The molecule has 4 bridgehead atoms. The summed E-state index contributed by atoms with van der Waals surface area (Å²) in [6, 6.07) is 15.7. The van der Waals surface area contributed by atoms with Crippen LogP contribution in [0, 0.1) is 23.6 Å². The van der Waals surface area contributed by atoms with Crippen LogP contribution in [0.1, 0.15) is 63.5 Å². The van der Waals surface area contributed by atoms with E-state index < -0.39 is 0 Å². The molecule has 5 aliphatic rings. The minimum absolute atomic E-state index is 0.0425. The molecule has 0 unspecified atom stereocenters. The van der Waals surface area contributed by atoms with Crippen molar-refractivity contribution in [3.8, 4) is 5.75 Å². The highest BCUT2D eigenvalue weighted by atomic mass is 19.1. The molecule has 0 spiro atoms. The van der Waals surface area contributed by atoms with Crippen LogP contribution < -0.4 is 4.74 Å². The molecule has 1 amide bonds. The minimum Gasteiger partial charge on any atom is -0.484 e. The van der Waals surface area contributed by atoms with Crippen molar-refractivity contribution in [2.75, 3.05) is 19.7 Å². The van der Waals surface area contributed by atoms with Crippen LogP contribution in [0.15, 0.2) is 48.5 Å². The average Bonchev–Trinajstić information content (AvgIpc) is 2.85. The Hall–Kier alpha value is -2.40. The highest BCUT2D eigenvalue weighted by Gasteiger charge is 2.51. The minimum atomic E-state index is -0.210. The zero-order chi connectivity index (χ0) is 24.9. The smallest absolute Gasteiger partial charge is 0.260 e. The van der Waals surface area contributed by atoms with E-state index in [1.54, 1.807) is 0 Å². The maximum absolute atomic E-state index is 13.2. The quantitative estimate of drug-likeness (QED) is 0.514. The second-order valence-corrected chi connectivity index (χ2v) is 12.3. The molecule has 4 aliphatic carbocycles. The van der Waals surface area contributed by atoms with Crippen LogP contribution >= 0.6 is 0 Å². The van der Waals surface area contributed by atoms with E-state index in [9.17, 15) is 9.18 Å². The van der Waals surface area contributed by atoms with Crippen LogP contribution in [0.4, 0.5) is 4.39 Å². The van der Waals surface area contributed by atoms with Gasteiger partial charge in [0.2, 0.25) is 0 Å². The van der Waals surface area contributed by atoms with E-state index in [0.717, 1.165) is 42.2 Å². The Balaban J connectivity index is 1.03. The Labute approximate surface area is 214 Å². The number of benzene rings is 2. The zero-order valence-corrected chi connectivity index (χ0v) is 21.7. The van der Waals surface area contributed by atoms with E-state index in [1.165, 1.54) is 56.2 Å². The Morgan fingerprint density at radius 1 is 0.889 bits per heavy atom. The highest BCUT2D eigenvalue weighted by molar-refractivity contribution is 5.78. The van der Waals surface area contributed by atoms with Gasteiger partial charge in [-0.25, -0.2) is 4.39 Å². The number of piperazine rings is 1. The molecule has 36 heavy (non-hydrogen) atoms. The molecule has 0 aromatic heterocycles. The van der Waals surface area contributed by atoms with Gasteiger partial charge >= 0.3 is 0 Å². The van der Waals surface area contributed by atoms with E-state index in [-0.39, 0.29) is 30.4 Å². The van der Waals surface area contributed by atoms with Crippen LogP contribution in [0.2, 0.25) is 0 Å². The lowest BCUT2D eigenvalue weighted by Crippen LogP contribution is -2.58. The summed E-state index contributed by atoms with van der Waals surface area (Å²) in [5.74, 6) is 3.42. The number of amides is 1. The lowest BCUT2D eigenvalue weighted by molar-refractivity contribution is -0.139. The molecule has 2 aromatic rings. The molecule has 1 heterocycles. The third kappa shape index (κ3) is 4.67. The van der Waals surface area contributed by atoms with Gasteiger partial charge in [-0.15, -0.1) is 0 Å². The molecule has 1 aliphatic heterocycles. The van der Waals surface area contributed by atoms with Crippen molar-refractivity contribution in [1.29, 1.82) is 0 Å². The van der Waals surface area contributed by atoms with E-state index in [4.69, 9.17) is 4.74 Å². The van der Waals surface area contributed by atoms with Gasteiger partial charge in [-0.2, -0.15) is 0 Å². The molecule has 0 N–H and O–H groups in total. The Morgan fingerprint density at radius 3 is 2.11 bits per heavy atom. The van der Waals surface area contributed by atoms with Gasteiger partial charge in [0.05, 0.1) is 0 Å². The largest absolute Gasteiger partial charge is 0.484 e. The third-order valence-corrected chi connectivity index (χ3v) is 9.60. The first kappa shape index (κ1) is 24.0. The number of carbonyl (C=O) groups is 1. The molecular formula is C31H39FN2O2. The molecule has 4 nitrogen and oxygen atoms in total. The fourth-order valence-corrected chi connectivity index (χ4v) is 8.19. The van der Waals surface area contributed by atoms with Crippen LogP contribution in [0.25, 0.3) is 0 Å². The number of rotatable bonds is 6. The average molecular weight is 491 g/mol. The predicted molar refractivity (Wildman–Crippen MR) is 139 cm³/mol. The summed E-state index contributed by atoms with van der Waals surface area (Å²) in [6.07, 6.45) is 8.46. The van der Waals surface area contributed by atoms with Gasteiger partial charge in [-0.1, -0.05) is 24.3 Å². The van der Waals surface area contributed by atoms with Gasteiger partial charge in [0.1, 0.15) is 11.6 Å². The number of halogens is 1. The first-order valence-corrected chi connectivity index (χ1v) is 13.9. The first-order valence-electron chi connectivity index (χ1n) is 13.9. The molecule has 2 atom stereocenters. The summed E-state index contributed by atoms with van der Waals surface area (Å²) in [6.45, 7) is 6.56. The second-order valence-electron chi connectivity index (χ2n) is 12.3. The summed E-state index contributed by atoms with van der Waals surface area (Å²) >= 11 is 0. The van der Waals surface area contributed by atoms with E-state index in [0.29, 0.717) is 12.0 Å². The van der Waals surface area contributed by atoms with E-state index in [1.807, 2.05) is 17.0 Å². The van der Waals surface area contributed by atoms with Gasteiger partial charge in [0.25, 0.3) is 5.91 Å². The second kappa shape index (κ2) is 9.48. The van der Waals surface area contributed by atoms with Crippen molar-refractivity contribution in [3.63, 3.8) is 0 Å². The Morgan fingerprint density at radius 2 is 1.50 bits per heavy atom. The maximum atomic E-state index is 13.2. The SMILES string of the molecule is C[C@@H]1CN(Cc2ccc(F)cc2)[C@@H](C)CN1C(=O)COc1ccc(C23CC4CC(CC(C4)C2)C3)cc1. The third-order valence-electron chi connectivity index (χ3n) is 9.60. The molecular weight excluding hydrogens is 451 g/mol. The van der Waals surface area contributed by atoms with Crippen molar-refractivity contribution in [2.45, 2.75) is 76.4 Å². The molecule has 5 heteroatoms. The standard InChI is InChI=1S/C31H39FN2O2/c1-21-18-34(22(2)17-33(21)19-23-3-7-28(32)8-4-23)30(35)20-36-29-9-5-27(6-10-29)31-14-24-11-25(15-31)13-26(12-24)16-31/h3-10,21-22,24-26H,11-20H2,1-2H3/t21-,22+,24?,25?,26?,31?/m0/s1. The number of nitrogens with zero attached hydrogens (tertiary/aromatic N) is 2. The first-order chi connectivity index (χ1) is 17.4. The molecule has 192 valence electrons. The zero-order valence-electron chi connectivity index (χ0n) is 21.7. The van der Waals surface area contributed by atoms with Gasteiger partial charge in [0, 0.05) is 31.7 Å². The van der Waals surface area contributed by atoms with Crippen molar-refractivity contribution < 1.29 is 13.9 Å². The molecule has 4 saturated carbocycles. The fourth-order valence-electron chi connectivity index (χ4n) is 8.19. The number of hydrogen-bond donors (Lipinski definition) is 0. The monoisotopic (exact) mass is 490 g/mol. The van der Waals surface area contributed by atoms with Crippen molar-refractivity contribution in [3.05, 3.63) is 65.5 Å². The number of hydrogen-bond acceptors (Lipinski definition) is 3. The lowest BCUT2D eigenvalue weighted by Gasteiger charge is -2.57. The van der Waals surface area contributed by atoms with Crippen LogP contribution in [0.3, 0.4) is 0 Å². The fraction of sp³-hybridized carbons (Fsp3) is 0.581. The van der Waals surface area contributed by atoms with Gasteiger partial charge < -0.3 is 9.64 Å². The van der Waals surface area contributed by atoms with Gasteiger partial charge in [-0.3, -0.25) is 9.69 Å². The summed E-state index contributed by atoms with van der Waals surface area (Å²) < 4.78 is 19.2. The normalized spacial score (nSPS) is 33.6. The van der Waals surface area contributed by atoms with Crippen molar-refractivity contribution >= 4 is 5.91 Å². The number of carbonyl (C=O) groups excluding carboxylic acids is 1. The summed E-state index contributed by atoms with van der Waals surface area (Å²) in [4.78, 5) is 17.4. The topological polar surface area (TPSA) is 32.8 Å². The van der Waals surface area contributed by atoms with E-state index >= 15 is 0 Å². The lowest BCUT2D eigenvalue weighted by atomic mass is 9.48. The van der Waals surface area contributed by atoms with Crippen molar-refractivity contribution in [2.24, 2.45) is 17.8 Å². The Bertz CT molecular complexity index is 1050. The molecule has 7 rings (SSSR count). The van der Waals surface area contributed by atoms with Crippen molar-refractivity contribution in [1.82, 2.24) is 9.80 Å².